The molecule has 140 valence electrons. The number of hydrogen-bond acceptors (Lipinski definition) is 5. The van der Waals surface area contributed by atoms with Crippen LogP contribution < -0.4 is 20.1 Å². The smallest absolute Gasteiger partial charge is 0.412 e. The van der Waals surface area contributed by atoms with E-state index < -0.39 is 11.7 Å². The summed E-state index contributed by atoms with van der Waals surface area (Å²) in [4.78, 5) is 11.7. The molecule has 0 saturated carbocycles. The van der Waals surface area contributed by atoms with Crippen LogP contribution in [0.3, 0.4) is 0 Å². The molecule has 0 radical (unpaired) electrons. The van der Waals surface area contributed by atoms with Gasteiger partial charge in [0.1, 0.15) is 23.7 Å². The first-order chi connectivity index (χ1) is 12.4. The lowest BCUT2D eigenvalue weighted by atomic mass is 10.2. The number of ether oxygens (including phenoxy) is 3. The van der Waals surface area contributed by atoms with Crippen molar-refractivity contribution in [3.63, 3.8) is 0 Å². The summed E-state index contributed by atoms with van der Waals surface area (Å²) >= 11 is 0. The van der Waals surface area contributed by atoms with Crippen LogP contribution in [0.1, 0.15) is 20.8 Å². The van der Waals surface area contributed by atoms with Gasteiger partial charge in [-0.2, -0.15) is 0 Å². The maximum Gasteiger partial charge on any atom is 0.412 e. The van der Waals surface area contributed by atoms with Gasteiger partial charge in [-0.25, -0.2) is 4.79 Å². The average Bonchev–Trinajstić information content (AvgIpc) is 2.59. The van der Waals surface area contributed by atoms with Crippen LogP contribution in [0, 0.1) is 0 Å². The normalized spacial score (nSPS) is 10.8. The Kier molecular flexibility index (Phi) is 6.72. The van der Waals surface area contributed by atoms with Crippen molar-refractivity contribution in [3.8, 4) is 11.5 Å². The second-order valence-electron chi connectivity index (χ2n) is 6.66. The molecule has 6 heteroatoms. The third-order valence-corrected chi connectivity index (χ3v) is 3.29. The highest BCUT2D eigenvalue weighted by molar-refractivity contribution is 5.85. The van der Waals surface area contributed by atoms with Crippen LogP contribution in [-0.2, 0) is 4.74 Å². The zero-order valence-corrected chi connectivity index (χ0v) is 15.7. The van der Waals surface area contributed by atoms with Gasteiger partial charge in [0, 0.05) is 17.9 Å². The summed E-state index contributed by atoms with van der Waals surface area (Å²) in [6, 6.07) is 14.9. The SMILES string of the molecule is COc1ccc(OCCNc2ccc(NC(=O)OC(C)(C)C)cc2)cc1. The molecule has 0 spiro atoms. The summed E-state index contributed by atoms with van der Waals surface area (Å²) in [5.74, 6) is 1.60. The van der Waals surface area contributed by atoms with Gasteiger partial charge in [-0.1, -0.05) is 0 Å². The van der Waals surface area contributed by atoms with Crippen molar-refractivity contribution < 1.29 is 19.0 Å². The van der Waals surface area contributed by atoms with Gasteiger partial charge in [0.25, 0.3) is 0 Å². The second-order valence-corrected chi connectivity index (χ2v) is 6.66. The third-order valence-electron chi connectivity index (χ3n) is 3.29. The number of carbonyl (C=O) groups excluding carboxylic acids is 1. The Bertz CT molecular complexity index is 691. The minimum atomic E-state index is -0.518. The fourth-order valence-electron chi connectivity index (χ4n) is 2.13. The second kappa shape index (κ2) is 8.99. The lowest BCUT2D eigenvalue weighted by molar-refractivity contribution is 0.0636. The average molecular weight is 358 g/mol. The standard InChI is InChI=1S/C20H26N2O4/c1-20(2,3)26-19(23)22-16-7-5-15(6-8-16)21-13-14-25-18-11-9-17(24-4)10-12-18/h5-12,21H,13-14H2,1-4H3,(H,22,23). The molecule has 1 amide bonds. The predicted octanol–water partition coefficient (Wildman–Crippen LogP) is 4.53. The summed E-state index contributed by atoms with van der Waals surface area (Å²) in [5, 5.41) is 5.96. The molecular weight excluding hydrogens is 332 g/mol. The first-order valence-corrected chi connectivity index (χ1v) is 8.46. The van der Waals surface area contributed by atoms with Gasteiger partial charge in [0.2, 0.25) is 0 Å². The fraction of sp³-hybridized carbons (Fsp3) is 0.350. The van der Waals surface area contributed by atoms with Crippen molar-refractivity contribution in [3.05, 3.63) is 48.5 Å². The van der Waals surface area contributed by atoms with E-state index in [1.165, 1.54) is 0 Å². The molecule has 0 fully saturated rings. The fourth-order valence-corrected chi connectivity index (χ4v) is 2.13. The van der Waals surface area contributed by atoms with Crippen molar-refractivity contribution in [1.29, 1.82) is 0 Å². The Hall–Kier alpha value is -2.89. The van der Waals surface area contributed by atoms with Crippen LogP contribution in [0.4, 0.5) is 16.2 Å². The van der Waals surface area contributed by atoms with E-state index in [2.05, 4.69) is 10.6 Å². The van der Waals surface area contributed by atoms with Crippen LogP contribution in [0.5, 0.6) is 11.5 Å². The molecule has 0 aliphatic carbocycles. The first kappa shape index (κ1) is 19.4. The third kappa shape index (κ3) is 6.93. The number of nitrogens with one attached hydrogen (secondary N) is 2. The highest BCUT2D eigenvalue weighted by Gasteiger charge is 2.15. The van der Waals surface area contributed by atoms with E-state index in [1.807, 2.05) is 69.3 Å². The minimum Gasteiger partial charge on any atom is -0.497 e. The Labute approximate surface area is 154 Å². The number of anilines is 2. The quantitative estimate of drug-likeness (QED) is 0.712. The molecule has 0 aliphatic heterocycles. The maximum absolute atomic E-state index is 11.7. The molecule has 0 aromatic heterocycles. The molecule has 0 atom stereocenters. The number of methoxy groups -OCH3 is 1. The molecule has 0 aliphatic rings. The van der Waals surface area contributed by atoms with Gasteiger partial charge in [-0.3, -0.25) is 5.32 Å². The Morgan fingerprint density at radius 2 is 1.50 bits per heavy atom. The Balaban J connectivity index is 1.72. The Morgan fingerprint density at radius 3 is 2.08 bits per heavy atom. The first-order valence-electron chi connectivity index (χ1n) is 8.46. The van der Waals surface area contributed by atoms with Gasteiger partial charge in [0.05, 0.1) is 7.11 Å². The molecule has 6 nitrogen and oxygen atoms in total. The van der Waals surface area contributed by atoms with E-state index in [-0.39, 0.29) is 0 Å². The maximum atomic E-state index is 11.7. The topological polar surface area (TPSA) is 68.8 Å². The molecule has 0 unspecified atom stereocenters. The number of amides is 1. The summed E-state index contributed by atoms with van der Waals surface area (Å²) < 4.78 is 16.0. The van der Waals surface area contributed by atoms with Crippen molar-refractivity contribution in [2.45, 2.75) is 26.4 Å². The molecule has 0 heterocycles. The zero-order valence-electron chi connectivity index (χ0n) is 15.7. The molecular formula is C20H26N2O4. The molecule has 2 rings (SSSR count). The zero-order chi connectivity index (χ0) is 19.0. The van der Waals surface area contributed by atoms with Crippen molar-refractivity contribution in [1.82, 2.24) is 0 Å². The number of hydrogen-bond donors (Lipinski definition) is 2. The summed E-state index contributed by atoms with van der Waals surface area (Å²) in [6.07, 6.45) is -0.467. The van der Waals surface area contributed by atoms with E-state index in [0.717, 1.165) is 17.2 Å². The lowest BCUT2D eigenvalue weighted by Crippen LogP contribution is -2.27. The molecule has 2 aromatic rings. The van der Waals surface area contributed by atoms with Crippen LogP contribution in [-0.4, -0.2) is 32.0 Å². The minimum absolute atomic E-state index is 0.467. The van der Waals surface area contributed by atoms with Crippen molar-refractivity contribution in [2.75, 3.05) is 30.9 Å². The highest BCUT2D eigenvalue weighted by atomic mass is 16.6. The van der Waals surface area contributed by atoms with E-state index in [0.29, 0.717) is 18.8 Å². The van der Waals surface area contributed by atoms with Crippen LogP contribution >= 0.6 is 0 Å². The molecule has 2 N–H and O–H groups in total. The van der Waals surface area contributed by atoms with Crippen molar-refractivity contribution >= 4 is 17.5 Å². The van der Waals surface area contributed by atoms with E-state index in [9.17, 15) is 4.79 Å². The van der Waals surface area contributed by atoms with Gasteiger partial charge >= 0.3 is 6.09 Å². The highest BCUT2D eigenvalue weighted by Crippen LogP contribution is 2.17. The lowest BCUT2D eigenvalue weighted by Gasteiger charge is -2.19. The van der Waals surface area contributed by atoms with E-state index in [1.54, 1.807) is 7.11 Å². The van der Waals surface area contributed by atoms with E-state index in [4.69, 9.17) is 14.2 Å². The van der Waals surface area contributed by atoms with Gasteiger partial charge < -0.3 is 19.5 Å². The predicted molar refractivity (Wildman–Crippen MR) is 103 cm³/mol. The summed E-state index contributed by atoms with van der Waals surface area (Å²) in [6.45, 7) is 6.67. The van der Waals surface area contributed by atoms with Gasteiger partial charge in [0.15, 0.2) is 0 Å². The Morgan fingerprint density at radius 1 is 0.923 bits per heavy atom. The number of carbonyl (C=O) groups is 1. The number of rotatable bonds is 7. The van der Waals surface area contributed by atoms with E-state index >= 15 is 0 Å². The van der Waals surface area contributed by atoms with Crippen LogP contribution in [0.15, 0.2) is 48.5 Å². The monoisotopic (exact) mass is 358 g/mol. The van der Waals surface area contributed by atoms with Crippen LogP contribution in [0.25, 0.3) is 0 Å². The number of benzene rings is 2. The molecule has 2 aromatic carbocycles. The largest absolute Gasteiger partial charge is 0.497 e. The molecule has 0 bridgehead atoms. The molecule has 0 saturated heterocycles. The summed E-state index contributed by atoms with van der Waals surface area (Å²) in [5.41, 5.74) is 1.10. The molecule has 26 heavy (non-hydrogen) atoms. The summed E-state index contributed by atoms with van der Waals surface area (Å²) in [7, 11) is 1.63. The van der Waals surface area contributed by atoms with Crippen molar-refractivity contribution in [2.24, 2.45) is 0 Å². The van der Waals surface area contributed by atoms with Crippen LogP contribution in [0.2, 0.25) is 0 Å². The van der Waals surface area contributed by atoms with Gasteiger partial charge in [-0.15, -0.1) is 0 Å². The van der Waals surface area contributed by atoms with Gasteiger partial charge in [-0.05, 0) is 69.3 Å².